The smallest absolute Gasteiger partial charge is 0.161 e. The SMILES string of the molecule is N#Cc1nc(NCCc2cn3c(n2)CCCC3)ccc1Cl. The molecule has 1 N–H and O–H groups in total. The number of aromatic nitrogens is 3. The van der Waals surface area contributed by atoms with E-state index < -0.39 is 0 Å². The molecule has 0 aliphatic carbocycles. The largest absolute Gasteiger partial charge is 0.370 e. The van der Waals surface area contributed by atoms with Gasteiger partial charge < -0.3 is 9.88 Å². The van der Waals surface area contributed by atoms with Gasteiger partial charge in [0.1, 0.15) is 17.7 Å². The van der Waals surface area contributed by atoms with Crippen LogP contribution in [0.2, 0.25) is 5.02 Å². The lowest BCUT2D eigenvalue weighted by Crippen LogP contribution is -2.08. The molecule has 0 atom stereocenters. The molecule has 1 aliphatic heterocycles. The number of anilines is 1. The molecule has 0 fully saturated rings. The summed E-state index contributed by atoms with van der Waals surface area (Å²) in [5.41, 5.74) is 1.35. The maximum absolute atomic E-state index is 8.90. The van der Waals surface area contributed by atoms with Gasteiger partial charge in [0, 0.05) is 32.1 Å². The van der Waals surface area contributed by atoms with Crippen LogP contribution in [-0.2, 0) is 19.4 Å². The Balaban J connectivity index is 1.59. The van der Waals surface area contributed by atoms with Crippen LogP contribution in [-0.4, -0.2) is 21.1 Å². The van der Waals surface area contributed by atoms with Crippen LogP contribution in [0, 0.1) is 11.3 Å². The highest BCUT2D eigenvalue weighted by Gasteiger charge is 2.11. The minimum absolute atomic E-state index is 0.249. The fraction of sp³-hybridized carbons (Fsp3) is 0.400. The van der Waals surface area contributed by atoms with Crippen LogP contribution >= 0.6 is 11.6 Å². The van der Waals surface area contributed by atoms with Crippen molar-refractivity contribution in [1.29, 1.82) is 5.26 Å². The van der Waals surface area contributed by atoms with E-state index >= 15 is 0 Å². The summed E-state index contributed by atoms with van der Waals surface area (Å²) in [7, 11) is 0. The molecular weight excluding hydrogens is 286 g/mol. The van der Waals surface area contributed by atoms with Crippen LogP contribution in [0.15, 0.2) is 18.3 Å². The Bertz CT molecular complexity index is 662. The second-order valence-corrected chi connectivity index (χ2v) is 5.52. The molecule has 0 bridgehead atoms. The Morgan fingerprint density at radius 3 is 3.05 bits per heavy atom. The standard InChI is InChI=1S/C15H16ClN5/c16-12-4-5-14(20-13(12)9-17)18-7-6-11-10-21-8-2-1-3-15(21)19-11/h4-5,10H,1-3,6-8H2,(H,18,20). The number of hydrogen-bond donors (Lipinski definition) is 1. The van der Waals surface area contributed by atoms with Crippen LogP contribution in [0.1, 0.15) is 30.1 Å². The van der Waals surface area contributed by atoms with Gasteiger partial charge in [-0.1, -0.05) is 11.6 Å². The Hall–Kier alpha value is -2.06. The maximum Gasteiger partial charge on any atom is 0.161 e. The van der Waals surface area contributed by atoms with Crippen molar-refractivity contribution in [3.63, 3.8) is 0 Å². The summed E-state index contributed by atoms with van der Waals surface area (Å²) in [5, 5.41) is 12.5. The van der Waals surface area contributed by atoms with E-state index in [1.165, 1.54) is 18.7 Å². The highest BCUT2D eigenvalue weighted by molar-refractivity contribution is 6.31. The summed E-state index contributed by atoms with van der Waals surface area (Å²) in [6.07, 6.45) is 6.54. The lowest BCUT2D eigenvalue weighted by molar-refractivity contribution is 0.522. The number of rotatable bonds is 4. The van der Waals surface area contributed by atoms with E-state index in [4.69, 9.17) is 16.9 Å². The van der Waals surface area contributed by atoms with Crippen molar-refractivity contribution in [1.82, 2.24) is 14.5 Å². The lowest BCUT2D eigenvalue weighted by Gasteiger charge is -2.11. The molecule has 0 amide bonds. The summed E-state index contributed by atoms with van der Waals surface area (Å²) in [4.78, 5) is 8.82. The van der Waals surface area contributed by atoms with E-state index in [2.05, 4.69) is 26.0 Å². The molecule has 0 radical (unpaired) electrons. The van der Waals surface area contributed by atoms with Crippen LogP contribution in [0.5, 0.6) is 0 Å². The lowest BCUT2D eigenvalue weighted by atomic mass is 10.2. The first kappa shape index (κ1) is 13.9. The fourth-order valence-corrected chi connectivity index (χ4v) is 2.68. The third-order valence-corrected chi connectivity index (χ3v) is 3.90. The van der Waals surface area contributed by atoms with Crippen molar-refractivity contribution in [3.8, 4) is 6.07 Å². The predicted octanol–water partition coefficient (Wildman–Crippen LogP) is 2.79. The zero-order valence-corrected chi connectivity index (χ0v) is 12.4. The average molecular weight is 302 g/mol. The Kier molecular flexibility index (Phi) is 4.07. The van der Waals surface area contributed by atoms with Gasteiger partial charge in [-0.3, -0.25) is 0 Å². The second kappa shape index (κ2) is 6.15. The molecule has 1 aliphatic rings. The molecule has 0 aromatic carbocycles. The number of nitrogens with one attached hydrogen (secondary N) is 1. The molecule has 0 saturated heterocycles. The van der Waals surface area contributed by atoms with Crippen molar-refractivity contribution in [3.05, 3.63) is 40.6 Å². The minimum atomic E-state index is 0.249. The summed E-state index contributed by atoms with van der Waals surface area (Å²) in [5.74, 6) is 1.87. The van der Waals surface area contributed by atoms with E-state index in [0.29, 0.717) is 10.8 Å². The van der Waals surface area contributed by atoms with Crippen LogP contribution < -0.4 is 5.32 Å². The molecule has 2 aromatic rings. The van der Waals surface area contributed by atoms with Gasteiger partial charge in [0.25, 0.3) is 0 Å². The summed E-state index contributed by atoms with van der Waals surface area (Å²) in [6, 6.07) is 5.44. The summed E-state index contributed by atoms with van der Waals surface area (Å²) in [6.45, 7) is 1.82. The molecule has 0 unspecified atom stereocenters. The zero-order chi connectivity index (χ0) is 14.7. The Morgan fingerprint density at radius 2 is 2.24 bits per heavy atom. The van der Waals surface area contributed by atoms with Gasteiger partial charge >= 0.3 is 0 Å². The van der Waals surface area contributed by atoms with E-state index in [-0.39, 0.29) is 5.69 Å². The number of halogens is 1. The van der Waals surface area contributed by atoms with Crippen molar-refractivity contribution in [2.24, 2.45) is 0 Å². The molecule has 21 heavy (non-hydrogen) atoms. The molecule has 2 aromatic heterocycles. The summed E-state index contributed by atoms with van der Waals surface area (Å²) >= 11 is 5.86. The molecule has 0 saturated carbocycles. The fourth-order valence-electron chi connectivity index (χ4n) is 2.53. The normalized spacial score (nSPS) is 13.5. The van der Waals surface area contributed by atoms with Gasteiger partial charge in [0.2, 0.25) is 0 Å². The first-order valence-electron chi connectivity index (χ1n) is 7.12. The minimum Gasteiger partial charge on any atom is -0.370 e. The number of fused-ring (bicyclic) bond motifs is 1. The molecule has 3 rings (SSSR count). The van der Waals surface area contributed by atoms with Gasteiger partial charge in [-0.2, -0.15) is 5.26 Å². The van der Waals surface area contributed by atoms with E-state index in [0.717, 1.165) is 31.6 Å². The number of nitriles is 1. The molecular formula is C15H16ClN5. The number of aryl methyl sites for hydroxylation is 2. The van der Waals surface area contributed by atoms with Gasteiger partial charge in [0.05, 0.1) is 10.7 Å². The van der Waals surface area contributed by atoms with Crippen molar-refractivity contribution in [2.45, 2.75) is 32.2 Å². The number of nitrogens with zero attached hydrogens (tertiary/aromatic N) is 4. The van der Waals surface area contributed by atoms with Gasteiger partial charge in [-0.05, 0) is 25.0 Å². The van der Waals surface area contributed by atoms with Gasteiger partial charge in [-0.15, -0.1) is 0 Å². The molecule has 108 valence electrons. The maximum atomic E-state index is 8.90. The van der Waals surface area contributed by atoms with Crippen LogP contribution in [0.4, 0.5) is 5.82 Å². The van der Waals surface area contributed by atoms with Crippen LogP contribution in [0.25, 0.3) is 0 Å². The molecule has 3 heterocycles. The monoisotopic (exact) mass is 301 g/mol. The van der Waals surface area contributed by atoms with Crippen LogP contribution in [0.3, 0.4) is 0 Å². The number of pyridine rings is 1. The molecule has 5 nitrogen and oxygen atoms in total. The highest BCUT2D eigenvalue weighted by Crippen LogP contribution is 2.17. The summed E-state index contributed by atoms with van der Waals surface area (Å²) < 4.78 is 2.26. The van der Waals surface area contributed by atoms with Crippen molar-refractivity contribution < 1.29 is 0 Å². The van der Waals surface area contributed by atoms with E-state index in [9.17, 15) is 0 Å². The Morgan fingerprint density at radius 1 is 1.33 bits per heavy atom. The number of imidazole rings is 1. The predicted molar refractivity (Wildman–Crippen MR) is 81.3 cm³/mol. The quantitative estimate of drug-likeness (QED) is 0.943. The van der Waals surface area contributed by atoms with E-state index in [1.54, 1.807) is 12.1 Å². The first-order valence-corrected chi connectivity index (χ1v) is 7.49. The van der Waals surface area contributed by atoms with E-state index in [1.807, 2.05) is 6.07 Å². The molecule has 0 spiro atoms. The third-order valence-electron chi connectivity index (χ3n) is 3.60. The average Bonchev–Trinajstić information content (AvgIpc) is 2.91. The topological polar surface area (TPSA) is 66.5 Å². The molecule has 6 heteroatoms. The highest BCUT2D eigenvalue weighted by atomic mass is 35.5. The van der Waals surface area contributed by atoms with Gasteiger partial charge in [-0.25, -0.2) is 9.97 Å². The number of hydrogen-bond acceptors (Lipinski definition) is 4. The van der Waals surface area contributed by atoms with Crippen molar-refractivity contribution in [2.75, 3.05) is 11.9 Å². The third kappa shape index (κ3) is 3.17. The first-order chi connectivity index (χ1) is 10.3. The Labute approximate surface area is 128 Å². The second-order valence-electron chi connectivity index (χ2n) is 5.11. The van der Waals surface area contributed by atoms with Gasteiger partial charge in [0.15, 0.2) is 5.69 Å². The van der Waals surface area contributed by atoms with Crippen molar-refractivity contribution >= 4 is 17.4 Å². The zero-order valence-electron chi connectivity index (χ0n) is 11.6.